The molecule has 5 nitrogen and oxygen atoms in total. The summed E-state index contributed by atoms with van der Waals surface area (Å²) in [6.07, 6.45) is 1.30. The van der Waals surface area contributed by atoms with Gasteiger partial charge in [0.25, 0.3) is 0 Å². The van der Waals surface area contributed by atoms with Crippen LogP contribution in [0, 0.1) is 5.82 Å². The number of hydrogen-bond donors (Lipinski definition) is 0. The summed E-state index contributed by atoms with van der Waals surface area (Å²) in [4.78, 5) is 19.1. The van der Waals surface area contributed by atoms with Gasteiger partial charge in [-0.3, -0.25) is 4.79 Å². The van der Waals surface area contributed by atoms with Crippen molar-refractivity contribution in [2.75, 3.05) is 14.1 Å². The predicted molar refractivity (Wildman–Crippen MR) is 95.5 cm³/mol. The Morgan fingerprint density at radius 3 is 2.72 bits per heavy atom. The van der Waals surface area contributed by atoms with E-state index >= 15 is 0 Å². The number of amides is 1. The van der Waals surface area contributed by atoms with Gasteiger partial charge < -0.3 is 4.90 Å². The second-order valence-electron chi connectivity index (χ2n) is 5.85. The summed E-state index contributed by atoms with van der Waals surface area (Å²) in [7, 11) is 3.43. The molecule has 3 rings (SSSR count). The Labute approximate surface area is 149 Å². The van der Waals surface area contributed by atoms with Gasteiger partial charge in [0.1, 0.15) is 17.3 Å². The van der Waals surface area contributed by atoms with Crippen molar-refractivity contribution in [3.05, 3.63) is 64.1 Å². The summed E-state index contributed by atoms with van der Waals surface area (Å²) in [6, 6.07) is 10.4. The summed E-state index contributed by atoms with van der Waals surface area (Å²) in [5, 5.41) is 6.49. The molecule has 0 spiro atoms. The van der Waals surface area contributed by atoms with Gasteiger partial charge in [-0.05, 0) is 23.6 Å². The third-order valence-corrected chi connectivity index (χ3v) is 4.65. The minimum Gasteiger partial charge on any atom is -0.349 e. The SMILES string of the molecule is CN(C)C(=O)CCc1nc(Cc2cccs2)nn1-c1ccccc1F. The van der Waals surface area contributed by atoms with Crippen molar-refractivity contribution in [1.29, 1.82) is 0 Å². The molecule has 0 unspecified atom stereocenters. The molecule has 0 aliphatic carbocycles. The quantitative estimate of drug-likeness (QED) is 0.680. The topological polar surface area (TPSA) is 51.0 Å². The first-order valence-corrected chi connectivity index (χ1v) is 8.85. The van der Waals surface area contributed by atoms with Crippen molar-refractivity contribution in [1.82, 2.24) is 19.7 Å². The number of thiophene rings is 1. The number of benzene rings is 1. The number of nitrogens with zero attached hydrogens (tertiary/aromatic N) is 4. The van der Waals surface area contributed by atoms with Crippen LogP contribution >= 0.6 is 11.3 Å². The predicted octanol–water partition coefficient (Wildman–Crippen LogP) is 3.08. The van der Waals surface area contributed by atoms with Gasteiger partial charge >= 0.3 is 0 Å². The van der Waals surface area contributed by atoms with Crippen molar-refractivity contribution in [2.45, 2.75) is 19.3 Å². The Bertz CT molecular complexity index is 858. The zero-order valence-electron chi connectivity index (χ0n) is 14.1. The van der Waals surface area contributed by atoms with E-state index in [1.807, 2.05) is 17.5 Å². The van der Waals surface area contributed by atoms with Gasteiger partial charge in [-0.15, -0.1) is 11.3 Å². The molecule has 0 saturated carbocycles. The van der Waals surface area contributed by atoms with Crippen molar-refractivity contribution in [3.63, 3.8) is 0 Å². The maximum Gasteiger partial charge on any atom is 0.222 e. The molecule has 0 bridgehead atoms. The molecule has 3 aromatic rings. The number of aromatic nitrogens is 3. The largest absolute Gasteiger partial charge is 0.349 e. The fourth-order valence-electron chi connectivity index (χ4n) is 2.46. The molecule has 0 atom stereocenters. The van der Waals surface area contributed by atoms with Gasteiger partial charge in [-0.2, -0.15) is 5.10 Å². The molecule has 0 fully saturated rings. The highest BCUT2D eigenvalue weighted by Crippen LogP contribution is 2.18. The van der Waals surface area contributed by atoms with Crippen molar-refractivity contribution < 1.29 is 9.18 Å². The summed E-state index contributed by atoms with van der Waals surface area (Å²) in [6.45, 7) is 0. The van der Waals surface area contributed by atoms with Crippen LogP contribution < -0.4 is 0 Å². The van der Waals surface area contributed by atoms with Crippen LogP contribution in [0.15, 0.2) is 41.8 Å². The first kappa shape index (κ1) is 17.3. The van der Waals surface area contributed by atoms with Crippen LogP contribution in [0.1, 0.15) is 22.9 Å². The smallest absolute Gasteiger partial charge is 0.222 e. The monoisotopic (exact) mass is 358 g/mol. The fraction of sp³-hybridized carbons (Fsp3) is 0.278. The molecule has 2 heterocycles. The number of carbonyl (C=O) groups is 1. The van der Waals surface area contributed by atoms with Crippen molar-refractivity contribution in [3.8, 4) is 5.69 Å². The zero-order chi connectivity index (χ0) is 17.8. The summed E-state index contributed by atoms with van der Waals surface area (Å²) in [5.74, 6) is 0.850. The molecule has 0 radical (unpaired) electrons. The highest BCUT2D eigenvalue weighted by atomic mass is 32.1. The van der Waals surface area contributed by atoms with Gasteiger partial charge in [-0.1, -0.05) is 18.2 Å². The second kappa shape index (κ2) is 7.57. The lowest BCUT2D eigenvalue weighted by Crippen LogP contribution is -2.22. The Hall–Kier alpha value is -2.54. The number of rotatable bonds is 6. The molecule has 1 aromatic carbocycles. The van der Waals surface area contributed by atoms with Crippen LogP contribution in [-0.2, 0) is 17.6 Å². The standard InChI is InChI=1S/C18H19FN4OS/c1-22(2)18(24)10-9-17-20-16(12-13-6-5-11-25-13)21-23(17)15-8-4-3-7-14(15)19/h3-8,11H,9-10,12H2,1-2H3. The molecule has 130 valence electrons. The third-order valence-electron chi connectivity index (χ3n) is 3.77. The molecule has 0 N–H and O–H groups in total. The second-order valence-corrected chi connectivity index (χ2v) is 6.88. The number of carbonyl (C=O) groups excluding carboxylic acids is 1. The van der Waals surface area contributed by atoms with Crippen LogP contribution in [0.4, 0.5) is 4.39 Å². The van der Waals surface area contributed by atoms with Crippen molar-refractivity contribution >= 4 is 17.2 Å². The van der Waals surface area contributed by atoms with Crippen LogP contribution in [0.2, 0.25) is 0 Å². The van der Waals surface area contributed by atoms with Crippen LogP contribution in [-0.4, -0.2) is 39.7 Å². The molecule has 0 saturated heterocycles. The van der Waals surface area contributed by atoms with Crippen LogP contribution in [0.25, 0.3) is 5.69 Å². The van der Waals surface area contributed by atoms with E-state index in [0.29, 0.717) is 36.6 Å². The Balaban J connectivity index is 1.91. The lowest BCUT2D eigenvalue weighted by molar-refractivity contribution is -0.128. The van der Waals surface area contributed by atoms with E-state index in [4.69, 9.17) is 0 Å². The van der Waals surface area contributed by atoms with Gasteiger partial charge in [0.05, 0.1) is 0 Å². The molecule has 1 amide bonds. The van der Waals surface area contributed by atoms with Gasteiger partial charge in [0, 0.05) is 38.2 Å². The normalized spacial score (nSPS) is 10.8. The first-order chi connectivity index (χ1) is 12.0. The number of hydrogen-bond acceptors (Lipinski definition) is 4. The lowest BCUT2D eigenvalue weighted by atomic mass is 10.2. The average Bonchev–Trinajstić information content (AvgIpc) is 3.23. The summed E-state index contributed by atoms with van der Waals surface area (Å²) < 4.78 is 15.7. The van der Waals surface area contributed by atoms with Gasteiger partial charge in [0.2, 0.25) is 5.91 Å². The maximum absolute atomic E-state index is 14.2. The molecular weight excluding hydrogens is 339 g/mol. The summed E-state index contributed by atoms with van der Waals surface area (Å²) in [5.41, 5.74) is 0.347. The molecule has 25 heavy (non-hydrogen) atoms. The highest BCUT2D eigenvalue weighted by Gasteiger charge is 2.16. The van der Waals surface area contributed by atoms with E-state index in [2.05, 4.69) is 10.1 Å². The Morgan fingerprint density at radius 2 is 2.04 bits per heavy atom. The van der Waals surface area contributed by atoms with Crippen LogP contribution in [0.5, 0.6) is 0 Å². The molecule has 2 aromatic heterocycles. The number of para-hydroxylation sites is 1. The third kappa shape index (κ3) is 4.11. The van der Waals surface area contributed by atoms with E-state index in [1.165, 1.54) is 15.6 Å². The van der Waals surface area contributed by atoms with Crippen molar-refractivity contribution in [2.24, 2.45) is 0 Å². The lowest BCUT2D eigenvalue weighted by Gasteiger charge is -2.10. The molecular formula is C18H19FN4OS. The van der Waals surface area contributed by atoms with Crippen LogP contribution in [0.3, 0.4) is 0 Å². The van der Waals surface area contributed by atoms with E-state index in [9.17, 15) is 9.18 Å². The van der Waals surface area contributed by atoms with Gasteiger partial charge in [-0.25, -0.2) is 14.1 Å². The van der Waals surface area contributed by atoms with E-state index in [1.54, 1.807) is 43.6 Å². The minimum atomic E-state index is -0.366. The average molecular weight is 358 g/mol. The number of halogens is 1. The molecule has 0 aliphatic rings. The molecule has 7 heteroatoms. The van der Waals surface area contributed by atoms with E-state index < -0.39 is 0 Å². The fourth-order valence-corrected chi connectivity index (χ4v) is 3.16. The Kier molecular flexibility index (Phi) is 5.23. The molecule has 0 aliphatic heterocycles. The maximum atomic E-state index is 14.2. The minimum absolute atomic E-state index is 0.00268. The highest BCUT2D eigenvalue weighted by molar-refractivity contribution is 7.09. The van der Waals surface area contributed by atoms with E-state index in [-0.39, 0.29) is 11.7 Å². The van der Waals surface area contributed by atoms with Gasteiger partial charge in [0.15, 0.2) is 5.82 Å². The Morgan fingerprint density at radius 1 is 1.24 bits per heavy atom. The summed E-state index contributed by atoms with van der Waals surface area (Å²) >= 11 is 1.63. The number of aryl methyl sites for hydroxylation is 1. The van der Waals surface area contributed by atoms with E-state index in [0.717, 1.165) is 4.88 Å². The zero-order valence-corrected chi connectivity index (χ0v) is 15.0. The first-order valence-electron chi connectivity index (χ1n) is 7.97.